The van der Waals surface area contributed by atoms with Crippen molar-refractivity contribution in [3.8, 4) is 0 Å². The highest BCUT2D eigenvalue weighted by Crippen LogP contribution is 2.10. The van der Waals surface area contributed by atoms with Gasteiger partial charge in [0.15, 0.2) is 5.78 Å². The summed E-state index contributed by atoms with van der Waals surface area (Å²) in [4.78, 5) is 26.7. The first-order valence-corrected chi connectivity index (χ1v) is 9.07. The minimum Gasteiger partial charge on any atom is -0.462 e. The molecule has 0 heterocycles. The summed E-state index contributed by atoms with van der Waals surface area (Å²) in [7, 11) is 0. The third-order valence-corrected chi connectivity index (χ3v) is 3.61. The molecule has 0 saturated heterocycles. The van der Waals surface area contributed by atoms with Crippen LogP contribution in [0.15, 0.2) is 70.3 Å². The minimum atomic E-state index is -0.333. The van der Waals surface area contributed by atoms with Crippen molar-refractivity contribution in [1.82, 2.24) is 0 Å². The molecular weight excluding hydrogens is 374 g/mol. The Labute approximate surface area is 170 Å². The predicted octanol–water partition coefficient (Wildman–Crippen LogP) is 4.27. The number of thiol groups is 1. The van der Waals surface area contributed by atoms with Crippen molar-refractivity contribution in [2.75, 3.05) is 11.9 Å². The van der Waals surface area contributed by atoms with Crippen LogP contribution in [0.5, 0.6) is 0 Å². The highest BCUT2D eigenvalue weighted by atomic mass is 32.1. The molecule has 0 saturated carbocycles. The van der Waals surface area contributed by atoms with Crippen molar-refractivity contribution >= 4 is 36.4 Å². The second-order valence-corrected chi connectivity index (χ2v) is 6.26. The van der Waals surface area contributed by atoms with Gasteiger partial charge < -0.3 is 15.8 Å². The van der Waals surface area contributed by atoms with E-state index >= 15 is 0 Å². The summed E-state index contributed by atoms with van der Waals surface area (Å²) in [6.45, 7) is 5.45. The van der Waals surface area contributed by atoms with E-state index in [4.69, 9.17) is 10.5 Å². The van der Waals surface area contributed by atoms with Crippen LogP contribution in [0.1, 0.15) is 41.5 Å². The van der Waals surface area contributed by atoms with Crippen LogP contribution in [0.3, 0.4) is 0 Å². The lowest BCUT2D eigenvalue weighted by Gasteiger charge is -2.03. The molecule has 0 bridgehead atoms. The minimum absolute atomic E-state index is 0.121. The fourth-order valence-electron chi connectivity index (χ4n) is 1.86. The third-order valence-electron chi connectivity index (χ3n) is 3.38. The number of nitrogens with zero attached hydrogens (tertiary/aromatic N) is 1. The Hall–Kier alpha value is -3.06. The number of benzene rings is 2. The van der Waals surface area contributed by atoms with Gasteiger partial charge in [-0.25, -0.2) is 9.79 Å². The summed E-state index contributed by atoms with van der Waals surface area (Å²) in [6.07, 6.45) is 1.47. The number of allylic oxidation sites excluding steroid dienone is 1. The number of ketones is 1. The number of hydrogen-bond acceptors (Lipinski definition) is 6. The maximum Gasteiger partial charge on any atom is 0.338 e. The second-order valence-electron chi connectivity index (χ2n) is 5.59. The number of nitrogens with two attached hydrogens (primary N) is 1. The number of Topliss-reactive ketones (excluding diaryl/α,β-unsaturated/α-hetero) is 1. The molecule has 2 aromatic rings. The largest absolute Gasteiger partial charge is 0.462 e. The Kier molecular flexibility index (Phi) is 10.1. The summed E-state index contributed by atoms with van der Waals surface area (Å²) in [6, 6.07) is 16.1. The average Bonchev–Trinajstić information content (AvgIpc) is 2.69. The lowest BCUT2D eigenvalue weighted by atomic mass is 10.2. The molecule has 6 nitrogen and oxygen atoms in total. The molecule has 0 aliphatic heterocycles. The molecule has 0 aliphatic rings. The quantitative estimate of drug-likeness (QED) is 0.222. The van der Waals surface area contributed by atoms with E-state index in [9.17, 15) is 9.59 Å². The maximum atomic E-state index is 11.4. The van der Waals surface area contributed by atoms with Crippen molar-refractivity contribution in [2.24, 2.45) is 10.7 Å². The van der Waals surface area contributed by atoms with Gasteiger partial charge in [-0.2, -0.15) is 0 Å². The Balaban J connectivity index is 0.000000362. The van der Waals surface area contributed by atoms with E-state index < -0.39 is 0 Å². The highest BCUT2D eigenvalue weighted by Gasteiger charge is 2.04. The van der Waals surface area contributed by atoms with E-state index in [-0.39, 0.29) is 11.8 Å². The lowest BCUT2D eigenvalue weighted by Crippen LogP contribution is -2.05. The molecule has 0 amide bonds. The van der Waals surface area contributed by atoms with Crippen LogP contribution in [0, 0.1) is 0 Å². The van der Waals surface area contributed by atoms with Crippen molar-refractivity contribution in [2.45, 2.75) is 20.8 Å². The van der Waals surface area contributed by atoms with E-state index in [1.165, 1.54) is 6.34 Å². The number of nitrogens with one attached hydrogen (secondary N) is 1. The number of carbonyl (C=O) groups excluding carboxylic acids is 2. The average molecular weight is 400 g/mol. The molecule has 28 heavy (non-hydrogen) atoms. The molecule has 0 spiro atoms. The van der Waals surface area contributed by atoms with Crippen molar-refractivity contribution < 1.29 is 14.3 Å². The van der Waals surface area contributed by atoms with E-state index in [2.05, 4.69) is 22.9 Å². The first-order valence-electron chi connectivity index (χ1n) is 8.62. The summed E-state index contributed by atoms with van der Waals surface area (Å²) in [5, 5.41) is 2.94. The van der Waals surface area contributed by atoms with Gasteiger partial charge in [0.1, 0.15) is 5.82 Å². The first kappa shape index (κ1) is 23.0. The summed E-state index contributed by atoms with van der Waals surface area (Å²) < 4.78 is 4.89. The van der Waals surface area contributed by atoms with Crippen LogP contribution in [-0.2, 0) is 4.74 Å². The molecule has 2 rings (SSSR count). The Morgan fingerprint density at radius 2 is 1.68 bits per heavy atom. The SMILES string of the molecule is CC(=O)c1ccccc1.CCOC(=O)c1ccc(N/C=N/C(N)=C(/C)S)cc1. The number of rotatable bonds is 6. The van der Waals surface area contributed by atoms with E-state index in [1.807, 2.05) is 30.3 Å². The van der Waals surface area contributed by atoms with E-state index in [1.54, 1.807) is 45.0 Å². The zero-order valence-corrected chi connectivity index (χ0v) is 17.1. The van der Waals surface area contributed by atoms with Crippen molar-refractivity contribution in [3.05, 3.63) is 76.5 Å². The Morgan fingerprint density at radius 3 is 2.14 bits per heavy atom. The molecule has 3 N–H and O–H groups in total. The van der Waals surface area contributed by atoms with Gasteiger partial charge >= 0.3 is 5.97 Å². The molecule has 0 radical (unpaired) electrons. The van der Waals surface area contributed by atoms with Crippen LogP contribution >= 0.6 is 12.6 Å². The fraction of sp³-hybridized carbons (Fsp3) is 0.190. The van der Waals surface area contributed by atoms with Crippen LogP contribution in [0.4, 0.5) is 5.69 Å². The van der Waals surface area contributed by atoms with Crippen LogP contribution in [-0.4, -0.2) is 24.7 Å². The Bertz CT molecular complexity index is 828. The summed E-state index contributed by atoms with van der Waals surface area (Å²) in [5.74, 6) is 0.134. The first-order chi connectivity index (χ1) is 13.3. The lowest BCUT2D eigenvalue weighted by molar-refractivity contribution is 0.0526. The highest BCUT2D eigenvalue weighted by molar-refractivity contribution is 7.84. The number of esters is 1. The molecule has 148 valence electrons. The standard InChI is InChI=1S/C13H17N3O2S.C8H8O/c1-3-18-13(17)10-4-6-11(7-5-10)15-8-16-12(14)9(2)19;1-7(9)8-5-3-2-4-6-8/h4-8,19H,3,14H2,1-2H3,(H,15,16);2-6H,1H3/b12-9-;. The predicted molar refractivity (Wildman–Crippen MR) is 117 cm³/mol. The zero-order valence-electron chi connectivity index (χ0n) is 16.2. The molecule has 0 aromatic heterocycles. The van der Waals surface area contributed by atoms with Gasteiger partial charge in [-0.3, -0.25) is 4.79 Å². The van der Waals surface area contributed by atoms with Gasteiger partial charge in [-0.05, 0) is 45.0 Å². The molecule has 7 heteroatoms. The van der Waals surface area contributed by atoms with Crippen LogP contribution < -0.4 is 11.1 Å². The molecule has 0 aliphatic carbocycles. The third kappa shape index (κ3) is 8.55. The molecular formula is C21H25N3O3S. The molecule has 2 aromatic carbocycles. The van der Waals surface area contributed by atoms with Crippen molar-refractivity contribution in [3.63, 3.8) is 0 Å². The smallest absolute Gasteiger partial charge is 0.338 e. The van der Waals surface area contributed by atoms with Gasteiger partial charge in [0.25, 0.3) is 0 Å². The summed E-state index contributed by atoms with van der Waals surface area (Å²) in [5.41, 5.74) is 7.66. The van der Waals surface area contributed by atoms with Gasteiger partial charge in [-0.15, -0.1) is 12.6 Å². The molecule has 0 atom stereocenters. The molecule has 0 unspecified atom stereocenters. The number of ether oxygens (including phenoxy) is 1. The topological polar surface area (TPSA) is 93.8 Å². The second kappa shape index (κ2) is 12.3. The zero-order chi connectivity index (χ0) is 20.9. The number of carbonyl (C=O) groups is 2. The van der Waals surface area contributed by atoms with Crippen LogP contribution in [0.2, 0.25) is 0 Å². The number of anilines is 1. The number of hydrogen-bond donors (Lipinski definition) is 3. The van der Waals surface area contributed by atoms with Gasteiger partial charge in [0.05, 0.1) is 18.5 Å². The maximum absolute atomic E-state index is 11.4. The normalized spacial score (nSPS) is 11.1. The van der Waals surface area contributed by atoms with Crippen molar-refractivity contribution in [1.29, 1.82) is 0 Å². The number of aliphatic imine (C=N–C) groups is 1. The summed E-state index contributed by atoms with van der Waals surface area (Å²) >= 11 is 4.07. The van der Waals surface area contributed by atoms with Gasteiger partial charge in [0, 0.05) is 16.2 Å². The van der Waals surface area contributed by atoms with Gasteiger partial charge in [-0.1, -0.05) is 30.3 Å². The van der Waals surface area contributed by atoms with E-state index in [0.717, 1.165) is 11.3 Å². The Morgan fingerprint density at radius 1 is 1.07 bits per heavy atom. The fourth-order valence-corrected chi connectivity index (χ4v) is 1.92. The van der Waals surface area contributed by atoms with Gasteiger partial charge in [0.2, 0.25) is 0 Å². The monoisotopic (exact) mass is 399 g/mol. The van der Waals surface area contributed by atoms with E-state index in [0.29, 0.717) is 22.9 Å². The van der Waals surface area contributed by atoms with Crippen LogP contribution in [0.25, 0.3) is 0 Å². The molecule has 0 fully saturated rings.